The average Bonchev–Trinajstić information content (AvgIpc) is 1.85. The van der Waals surface area contributed by atoms with E-state index in [1.807, 2.05) is 25.1 Å². The average molecular weight is 218 g/mol. The van der Waals surface area contributed by atoms with Crippen molar-refractivity contribution in [2.75, 3.05) is 7.11 Å². The predicted molar refractivity (Wildman–Crippen MR) is 50.5 cm³/mol. The quantitative estimate of drug-likeness (QED) is 0.787. The van der Waals surface area contributed by atoms with Crippen molar-refractivity contribution in [2.45, 2.75) is 6.92 Å². The van der Waals surface area contributed by atoms with Crippen LogP contribution in [0.4, 0.5) is 0 Å². The zero-order chi connectivity index (χ0) is 7.56. The summed E-state index contributed by atoms with van der Waals surface area (Å²) >= 11 is 3.37. The van der Waals surface area contributed by atoms with Crippen LogP contribution in [0, 0.1) is 6.92 Å². The normalized spacial score (nSPS) is 8.64. The summed E-state index contributed by atoms with van der Waals surface area (Å²) < 4.78 is 6.11. The summed E-state index contributed by atoms with van der Waals surface area (Å²) in [4.78, 5) is 0. The van der Waals surface area contributed by atoms with Crippen LogP contribution in [0.3, 0.4) is 0 Å². The minimum atomic E-state index is 0. The molecule has 3 heteroatoms. The van der Waals surface area contributed by atoms with Crippen molar-refractivity contribution in [3.05, 3.63) is 28.2 Å². The molecular weight excluding hydrogens is 206 g/mol. The standard InChI is InChI=1S/C8H9BrO.H3N/c1-6-3-7(9)5-8(4-6)10-2;/h3-5H,1-2H3;1H3. The van der Waals surface area contributed by atoms with Gasteiger partial charge >= 0.3 is 0 Å². The third-order valence-electron chi connectivity index (χ3n) is 1.25. The Morgan fingerprint density at radius 1 is 1.27 bits per heavy atom. The van der Waals surface area contributed by atoms with E-state index >= 15 is 0 Å². The molecule has 0 aliphatic carbocycles. The van der Waals surface area contributed by atoms with Gasteiger partial charge in [0.25, 0.3) is 0 Å². The smallest absolute Gasteiger partial charge is 0.120 e. The van der Waals surface area contributed by atoms with Crippen LogP contribution in [0.5, 0.6) is 5.75 Å². The molecule has 1 rings (SSSR count). The van der Waals surface area contributed by atoms with E-state index in [-0.39, 0.29) is 6.15 Å². The van der Waals surface area contributed by atoms with Gasteiger partial charge in [-0.1, -0.05) is 15.9 Å². The highest BCUT2D eigenvalue weighted by Crippen LogP contribution is 2.20. The van der Waals surface area contributed by atoms with Crippen LogP contribution < -0.4 is 10.9 Å². The maximum absolute atomic E-state index is 5.05. The van der Waals surface area contributed by atoms with Crippen molar-refractivity contribution in [1.29, 1.82) is 0 Å². The third kappa shape index (κ3) is 2.91. The molecule has 62 valence electrons. The molecule has 3 N–H and O–H groups in total. The highest BCUT2D eigenvalue weighted by molar-refractivity contribution is 9.10. The van der Waals surface area contributed by atoms with Gasteiger partial charge in [-0.2, -0.15) is 0 Å². The minimum Gasteiger partial charge on any atom is -0.497 e. The van der Waals surface area contributed by atoms with E-state index in [0.29, 0.717) is 0 Å². The van der Waals surface area contributed by atoms with Crippen LogP contribution in [0.1, 0.15) is 5.56 Å². The molecule has 1 aromatic carbocycles. The second-order valence-electron chi connectivity index (χ2n) is 2.17. The number of hydrogen-bond acceptors (Lipinski definition) is 2. The molecule has 0 radical (unpaired) electrons. The van der Waals surface area contributed by atoms with Crippen molar-refractivity contribution in [1.82, 2.24) is 6.15 Å². The lowest BCUT2D eigenvalue weighted by atomic mass is 10.2. The first-order valence-corrected chi connectivity index (χ1v) is 3.83. The fourth-order valence-corrected chi connectivity index (χ4v) is 1.41. The molecule has 0 unspecified atom stereocenters. The van der Waals surface area contributed by atoms with Crippen LogP contribution >= 0.6 is 15.9 Å². The zero-order valence-electron chi connectivity index (χ0n) is 6.73. The SMILES string of the molecule is COc1cc(C)cc(Br)c1.N. The molecule has 0 saturated heterocycles. The summed E-state index contributed by atoms with van der Waals surface area (Å²) in [5, 5.41) is 0. The van der Waals surface area contributed by atoms with Gasteiger partial charge in [-0.3, -0.25) is 0 Å². The van der Waals surface area contributed by atoms with Gasteiger partial charge in [-0.15, -0.1) is 0 Å². The molecule has 11 heavy (non-hydrogen) atoms. The molecule has 2 nitrogen and oxygen atoms in total. The summed E-state index contributed by atoms with van der Waals surface area (Å²) in [5.41, 5.74) is 1.20. The fraction of sp³-hybridized carbons (Fsp3) is 0.250. The van der Waals surface area contributed by atoms with Gasteiger partial charge in [0, 0.05) is 4.47 Å². The summed E-state index contributed by atoms with van der Waals surface area (Å²) in [6.07, 6.45) is 0. The van der Waals surface area contributed by atoms with E-state index in [9.17, 15) is 0 Å². The van der Waals surface area contributed by atoms with Gasteiger partial charge in [0.2, 0.25) is 0 Å². The molecule has 0 spiro atoms. The Kier molecular flexibility index (Phi) is 4.15. The first-order chi connectivity index (χ1) is 4.72. The highest BCUT2D eigenvalue weighted by atomic mass is 79.9. The summed E-state index contributed by atoms with van der Waals surface area (Å²) in [7, 11) is 1.67. The van der Waals surface area contributed by atoms with Crippen LogP contribution in [0.25, 0.3) is 0 Å². The Hall–Kier alpha value is -0.540. The van der Waals surface area contributed by atoms with Crippen LogP contribution in [-0.4, -0.2) is 7.11 Å². The first kappa shape index (κ1) is 10.5. The first-order valence-electron chi connectivity index (χ1n) is 3.03. The van der Waals surface area contributed by atoms with E-state index in [1.54, 1.807) is 7.11 Å². The van der Waals surface area contributed by atoms with Gasteiger partial charge in [0.05, 0.1) is 7.11 Å². The molecular formula is C8H12BrNO. The van der Waals surface area contributed by atoms with E-state index in [0.717, 1.165) is 10.2 Å². The number of benzene rings is 1. The fourth-order valence-electron chi connectivity index (χ4n) is 0.821. The lowest BCUT2D eigenvalue weighted by molar-refractivity contribution is 0.414. The topological polar surface area (TPSA) is 44.2 Å². The maximum Gasteiger partial charge on any atom is 0.120 e. The van der Waals surface area contributed by atoms with E-state index in [4.69, 9.17) is 4.74 Å². The van der Waals surface area contributed by atoms with Crippen molar-refractivity contribution in [2.24, 2.45) is 0 Å². The summed E-state index contributed by atoms with van der Waals surface area (Å²) in [6, 6.07) is 5.97. The maximum atomic E-state index is 5.05. The Bertz CT molecular complexity index is 217. The Balaban J connectivity index is 0.000001000. The number of ether oxygens (including phenoxy) is 1. The summed E-state index contributed by atoms with van der Waals surface area (Å²) in [5.74, 6) is 0.895. The molecule has 0 fully saturated rings. The Morgan fingerprint density at radius 2 is 1.91 bits per heavy atom. The molecule has 0 atom stereocenters. The van der Waals surface area contributed by atoms with Crippen molar-refractivity contribution in [3.8, 4) is 5.75 Å². The van der Waals surface area contributed by atoms with Crippen molar-refractivity contribution < 1.29 is 4.74 Å². The predicted octanol–water partition coefficient (Wildman–Crippen LogP) is 2.93. The molecule has 0 aliphatic rings. The van der Waals surface area contributed by atoms with Crippen molar-refractivity contribution in [3.63, 3.8) is 0 Å². The summed E-state index contributed by atoms with van der Waals surface area (Å²) in [6.45, 7) is 2.04. The van der Waals surface area contributed by atoms with E-state index < -0.39 is 0 Å². The monoisotopic (exact) mass is 217 g/mol. The second kappa shape index (κ2) is 4.36. The molecule has 0 saturated carbocycles. The number of hydrogen-bond donors (Lipinski definition) is 1. The van der Waals surface area contributed by atoms with Gasteiger partial charge in [0.15, 0.2) is 0 Å². The van der Waals surface area contributed by atoms with Crippen LogP contribution in [0.2, 0.25) is 0 Å². The van der Waals surface area contributed by atoms with Gasteiger partial charge in [-0.05, 0) is 30.7 Å². The molecule has 0 aromatic heterocycles. The van der Waals surface area contributed by atoms with Gasteiger partial charge in [0.1, 0.15) is 5.75 Å². The number of rotatable bonds is 1. The largest absolute Gasteiger partial charge is 0.497 e. The lowest BCUT2D eigenvalue weighted by Gasteiger charge is -2.00. The lowest BCUT2D eigenvalue weighted by Crippen LogP contribution is -1.82. The van der Waals surface area contributed by atoms with Gasteiger partial charge in [-0.25, -0.2) is 0 Å². The third-order valence-corrected chi connectivity index (χ3v) is 1.71. The Labute approximate surface area is 75.3 Å². The molecule has 0 aliphatic heterocycles. The molecule has 0 amide bonds. The second-order valence-corrected chi connectivity index (χ2v) is 3.08. The minimum absolute atomic E-state index is 0. The molecule has 1 aromatic rings. The van der Waals surface area contributed by atoms with Crippen LogP contribution in [-0.2, 0) is 0 Å². The molecule has 0 bridgehead atoms. The number of methoxy groups -OCH3 is 1. The zero-order valence-corrected chi connectivity index (χ0v) is 8.31. The molecule has 0 heterocycles. The number of aryl methyl sites for hydroxylation is 1. The number of halogens is 1. The van der Waals surface area contributed by atoms with Crippen LogP contribution in [0.15, 0.2) is 22.7 Å². The van der Waals surface area contributed by atoms with E-state index in [2.05, 4.69) is 15.9 Å². The van der Waals surface area contributed by atoms with E-state index in [1.165, 1.54) is 5.56 Å². The van der Waals surface area contributed by atoms with Gasteiger partial charge < -0.3 is 10.9 Å². The van der Waals surface area contributed by atoms with Crippen molar-refractivity contribution >= 4 is 15.9 Å². The highest BCUT2D eigenvalue weighted by Gasteiger charge is 1.93. The Morgan fingerprint density at radius 3 is 2.36 bits per heavy atom.